The first-order valence-corrected chi connectivity index (χ1v) is 13.6. The zero-order valence-electron chi connectivity index (χ0n) is 19.5. The van der Waals surface area contributed by atoms with Crippen LogP contribution in [0, 0.1) is 0 Å². The number of para-hydroxylation sites is 1. The van der Waals surface area contributed by atoms with Crippen molar-refractivity contribution in [3.63, 3.8) is 0 Å². The normalized spacial score (nSPS) is 16.9. The molecule has 0 radical (unpaired) electrons. The van der Waals surface area contributed by atoms with E-state index in [-0.39, 0.29) is 11.6 Å². The lowest BCUT2D eigenvalue weighted by Crippen LogP contribution is -2.38. The lowest BCUT2D eigenvalue weighted by molar-refractivity contribution is 0.414. The second-order valence-corrected chi connectivity index (χ2v) is 10.5. The number of hydrogen-bond acceptors (Lipinski definition) is 5. The van der Waals surface area contributed by atoms with Crippen LogP contribution in [0.5, 0.6) is 5.75 Å². The van der Waals surface area contributed by atoms with Gasteiger partial charge in [0.2, 0.25) is 0 Å². The summed E-state index contributed by atoms with van der Waals surface area (Å²) in [6.07, 6.45) is 5.85. The Morgan fingerprint density at radius 1 is 1.03 bits per heavy atom. The van der Waals surface area contributed by atoms with Crippen LogP contribution in [0.4, 0.5) is 0 Å². The standard InChI is InChI=1S/C29H24N2O2S2/c1-33-24-10-6-4-8-20(24)17-25-28(32)31-27(19-11-14-21(34-2)15-12-19)23-16-13-18-7-3-5-9-22(18)26(23)30-29(31)35-25/h3-12,14-15,17,27H,13,16H2,1-2H3. The van der Waals surface area contributed by atoms with Crippen molar-refractivity contribution in [3.05, 3.63) is 120 Å². The van der Waals surface area contributed by atoms with Crippen molar-refractivity contribution in [2.24, 2.45) is 4.99 Å². The maximum atomic E-state index is 13.9. The average molecular weight is 497 g/mol. The molecule has 1 aliphatic carbocycles. The lowest BCUT2D eigenvalue weighted by atomic mass is 9.83. The van der Waals surface area contributed by atoms with E-state index in [0.717, 1.165) is 40.2 Å². The van der Waals surface area contributed by atoms with Gasteiger partial charge in [0, 0.05) is 16.0 Å². The number of thiazole rings is 1. The number of allylic oxidation sites excluding steroid dienone is 1. The number of benzene rings is 3. The Kier molecular flexibility index (Phi) is 5.71. The predicted molar refractivity (Wildman–Crippen MR) is 144 cm³/mol. The summed E-state index contributed by atoms with van der Waals surface area (Å²) in [6.45, 7) is 0. The van der Waals surface area contributed by atoms with Crippen molar-refractivity contribution in [1.29, 1.82) is 0 Å². The molecule has 1 aromatic heterocycles. The van der Waals surface area contributed by atoms with Crippen molar-refractivity contribution in [2.75, 3.05) is 13.4 Å². The van der Waals surface area contributed by atoms with Crippen LogP contribution < -0.4 is 19.6 Å². The van der Waals surface area contributed by atoms with E-state index in [1.54, 1.807) is 18.9 Å². The van der Waals surface area contributed by atoms with Gasteiger partial charge >= 0.3 is 0 Å². The van der Waals surface area contributed by atoms with Gasteiger partial charge < -0.3 is 4.74 Å². The van der Waals surface area contributed by atoms with E-state index in [1.807, 2.05) is 34.9 Å². The van der Waals surface area contributed by atoms with Crippen LogP contribution >= 0.6 is 23.1 Å². The molecule has 0 fully saturated rings. The van der Waals surface area contributed by atoms with Crippen LogP contribution in [-0.4, -0.2) is 17.9 Å². The Hall–Kier alpha value is -3.35. The monoisotopic (exact) mass is 496 g/mol. The van der Waals surface area contributed by atoms with Crippen LogP contribution in [0.15, 0.2) is 93.1 Å². The number of aryl methyl sites for hydroxylation is 1. The highest BCUT2D eigenvalue weighted by molar-refractivity contribution is 7.98. The minimum atomic E-state index is -0.162. The molecular weight excluding hydrogens is 472 g/mol. The third kappa shape index (κ3) is 3.77. The van der Waals surface area contributed by atoms with Gasteiger partial charge in [0.25, 0.3) is 5.56 Å². The third-order valence-electron chi connectivity index (χ3n) is 6.73. The van der Waals surface area contributed by atoms with Gasteiger partial charge in [-0.05, 0) is 60.1 Å². The number of nitrogens with zero attached hydrogens (tertiary/aromatic N) is 2. The Morgan fingerprint density at radius 3 is 2.60 bits per heavy atom. The number of rotatable bonds is 4. The number of methoxy groups -OCH3 is 1. The quantitative estimate of drug-likeness (QED) is 0.372. The summed E-state index contributed by atoms with van der Waals surface area (Å²) < 4.78 is 8.07. The molecule has 6 rings (SSSR count). The van der Waals surface area contributed by atoms with Gasteiger partial charge in [0.05, 0.1) is 23.4 Å². The zero-order chi connectivity index (χ0) is 23.9. The summed E-state index contributed by atoms with van der Waals surface area (Å²) in [5, 5.41) is 0. The van der Waals surface area contributed by atoms with Crippen LogP contribution in [0.2, 0.25) is 0 Å². The highest BCUT2D eigenvalue weighted by atomic mass is 32.2. The molecule has 2 heterocycles. The molecule has 0 spiro atoms. The summed E-state index contributed by atoms with van der Waals surface area (Å²) in [5.41, 5.74) is 6.74. The fraction of sp³-hybridized carbons (Fsp3) is 0.172. The molecule has 0 amide bonds. The van der Waals surface area contributed by atoms with E-state index >= 15 is 0 Å². The van der Waals surface area contributed by atoms with Gasteiger partial charge in [-0.15, -0.1) is 11.8 Å². The van der Waals surface area contributed by atoms with E-state index in [1.165, 1.54) is 32.9 Å². The maximum absolute atomic E-state index is 13.9. The van der Waals surface area contributed by atoms with E-state index in [2.05, 4.69) is 54.8 Å². The smallest absolute Gasteiger partial charge is 0.271 e. The second-order valence-electron chi connectivity index (χ2n) is 8.63. The molecule has 174 valence electrons. The van der Waals surface area contributed by atoms with Crippen LogP contribution in [-0.2, 0) is 6.42 Å². The highest BCUT2D eigenvalue weighted by Gasteiger charge is 2.32. The summed E-state index contributed by atoms with van der Waals surface area (Å²) in [4.78, 5) is 20.9. The first kappa shape index (κ1) is 22.1. The Labute approximate surface area is 211 Å². The number of fused-ring (bicyclic) bond motifs is 3. The minimum absolute atomic E-state index is 0.0102. The predicted octanol–water partition coefficient (Wildman–Crippen LogP) is 5.05. The molecule has 6 heteroatoms. The molecule has 4 aromatic rings. The van der Waals surface area contributed by atoms with E-state index in [0.29, 0.717) is 4.53 Å². The molecule has 1 unspecified atom stereocenters. The first-order chi connectivity index (χ1) is 17.2. The topological polar surface area (TPSA) is 43.6 Å². The third-order valence-corrected chi connectivity index (χ3v) is 8.46. The average Bonchev–Trinajstić information content (AvgIpc) is 3.22. The minimum Gasteiger partial charge on any atom is -0.496 e. The van der Waals surface area contributed by atoms with Gasteiger partial charge in [0.15, 0.2) is 4.80 Å². The molecule has 1 atom stereocenters. The van der Waals surface area contributed by atoms with Crippen molar-refractivity contribution >= 4 is 34.9 Å². The zero-order valence-corrected chi connectivity index (χ0v) is 21.2. The lowest BCUT2D eigenvalue weighted by Gasteiger charge is -2.30. The fourth-order valence-corrected chi connectivity index (χ4v) is 6.44. The maximum Gasteiger partial charge on any atom is 0.271 e. The molecule has 0 saturated carbocycles. The molecule has 35 heavy (non-hydrogen) atoms. The van der Waals surface area contributed by atoms with Gasteiger partial charge in [-0.25, -0.2) is 4.99 Å². The van der Waals surface area contributed by atoms with E-state index in [4.69, 9.17) is 9.73 Å². The Morgan fingerprint density at radius 2 is 1.80 bits per heavy atom. The molecule has 2 aliphatic rings. The molecule has 0 N–H and O–H groups in total. The summed E-state index contributed by atoms with van der Waals surface area (Å²) >= 11 is 3.17. The van der Waals surface area contributed by atoms with Crippen molar-refractivity contribution in [1.82, 2.24) is 4.57 Å². The molecular formula is C29H24N2O2S2. The van der Waals surface area contributed by atoms with E-state index < -0.39 is 0 Å². The highest BCUT2D eigenvalue weighted by Crippen LogP contribution is 2.41. The number of ether oxygens (including phenoxy) is 1. The summed E-state index contributed by atoms with van der Waals surface area (Å²) in [6, 6.07) is 24.7. The summed E-state index contributed by atoms with van der Waals surface area (Å²) in [7, 11) is 1.65. The van der Waals surface area contributed by atoms with Gasteiger partial charge in [0.1, 0.15) is 5.75 Å². The van der Waals surface area contributed by atoms with Crippen molar-refractivity contribution < 1.29 is 4.74 Å². The van der Waals surface area contributed by atoms with Crippen molar-refractivity contribution in [3.8, 4) is 5.75 Å². The molecule has 0 bridgehead atoms. The Bertz CT molecular complexity index is 1650. The van der Waals surface area contributed by atoms with Gasteiger partial charge in [-0.1, -0.05) is 65.9 Å². The summed E-state index contributed by atoms with van der Waals surface area (Å²) in [5.74, 6) is 0.746. The largest absolute Gasteiger partial charge is 0.496 e. The second kappa shape index (κ2) is 9.02. The first-order valence-electron chi connectivity index (χ1n) is 11.6. The molecule has 3 aromatic carbocycles. The van der Waals surface area contributed by atoms with E-state index in [9.17, 15) is 4.79 Å². The molecule has 4 nitrogen and oxygen atoms in total. The van der Waals surface area contributed by atoms with Crippen LogP contribution in [0.25, 0.3) is 11.8 Å². The van der Waals surface area contributed by atoms with Crippen LogP contribution in [0.3, 0.4) is 0 Å². The molecule has 0 saturated heterocycles. The SMILES string of the molecule is COc1ccccc1C=c1sc2n(c1=O)C(c1ccc(SC)cc1)C1=C(N=2)c2ccccc2CC1. The number of aromatic nitrogens is 1. The Balaban J connectivity index is 1.61. The number of hydrogen-bond donors (Lipinski definition) is 0. The van der Waals surface area contributed by atoms with Crippen LogP contribution in [0.1, 0.15) is 34.7 Å². The van der Waals surface area contributed by atoms with Gasteiger partial charge in [-0.2, -0.15) is 0 Å². The van der Waals surface area contributed by atoms with Crippen molar-refractivity contribution in [2.45, 2.75) is 23.8 Å². The number of thioether (sulfide) groups is 1. The fourth-order valence-electron chi connectivity index (χ4n) is 5.04. The van der Waals surface area contributed by atoms with Gasteiger partial charge in [-0.3, -0.25) is 9.36 Å². The molecule has 1 aliphatic heterocycles.